The van der Waals surface area contributed by atoms with Gasteiger partial charge in [-0.15, -0.1) is 0 Å². The van der Waals surface area contributed by atoms with E-state index in [-0.39, 0.29) is 31.6 Å². The van der Waals surface area contributed by atoms with Crippen LogP contribution >= 0.6 is 11.6 Å². The Labute approximate surface area is 204 Å². The van der Waals surface area contributed by atoms with Crippen LogP contribution in [0, 0.1) is 5.41 Å². The minimum Gasteiger partial charge on any atom is -0.465 e. The molecule has 2 aromatic carbocycles. The van der Waals surface area contributed by atoms with E-state index in [1.165, 1.54) is 0 Å². The molecule has 0 bridgehead atoms. The Morgan fingerprint density at radius 3 is 2.50 bits per heavy atom. The van der Waals surface area contributed by atoms with Gasteiger partial charge in [0, 0.05) is 17.3 Å². The number of nitrogens with one attached hydrogen (secondary N) is 3. The molecule has 0 aliphatic carbocycles. The van der Waals surface area contributed by atoms with Crippen molar-refractivity contribution in [3.63, 3.8) is 0 Å². The fraction of sp³-hybridized carbons (Fsp3) is 0.400. The maximum Gasteiger partial charge on any atom is 0.338 e. The van der Waals surface area contributed by atoms with E-state index < -0.39 is 22.9 Å². The number of anilines is 1. The lowest BCUT2D eigenvalue weighted by molar-refractivity contribution is -0.157. The molecule has 9 heteroatoms. The van der Waals surface area contributed by atoms with E-state index in [1.807, 2.05) is 0 Å². The Kier molecular flexibility index (Phi) is 7.97. The standard InChI is InChI=1S/C25H30ClN3O5/c1-5-33-23(32)24(4)15-27-29-25(24,18-9-11-19(26)12-10-18)14-21(30)28-20-8-6-7-17(13-20)22(31)34-16(2)3/h6-13,16,27,29H,5,14-15H2,1-4H3,(H,28,30). The van der Waals surface area contributed by atoms with Gasteiger partial charge in [-0.05, 0) is 63.6 Å². The summed E-state index contributed by atoms with van der Waals surface area (Å²) in [6, 6.07) is 13.5. The third-order valence-corrected chi connectivity index (χ3v) is 6.15. The zero-order valence-corrected chi connectivity index (χ0v) is 20.5. The Balaban J connectivity index is 1.91. The molecule has 3 N–H and O–H groups in total. The van der Waals surface area contributed by atoms with E-state index >= 15 is 0 Å². The first-order valence-electron chi connectivity index (χ1n) is 11.2. The first-order valence-corrected chi connectivity index (χ1v) is 11.5. The van der Waals surface area contributed by atoms with Crippen molar-refractivity contribution in [3.05, 3.63) is 64.7 Å². The zero-order chi connectivity index (χ0) is 24.9. The van der Waals surface area contributed by atoms with Crippen molar-refractivity contribution < 1.29 is 23.9 Å². The van der Waals surface area contributed by atoms with Gasteiger partial charge in [0.2, 0.25) is 5.91 Å². The van der Waals surface area contributed by atoms with E-state index in [2.05, 4.69) is 16.2 Å². The van der Waals surface area contributed by atoms with Gasteiger partial charge in [0.15, 0.2) is 0 Å². The average Bonchev–Trinajstić information content (AvgIpc) is 3.12. The van der Waals surface area contributed by atoms with E-state index in [9.17, 15) is 14.4 Å². The van der Waals surface area contributed by atoms with Gasteiger partial charge < -0.3 is 14.8 Å². The summed E-state index contributed by atoms with van der Waals surface area (Å²) < 4.78 is 10.6. The van der Waals surface area contributed by atoms with Crippen molar-refractivity contribution in [2.75, 3.05) is 18.5 Å². The van der Waals surface area contributed by atoms with E-state index in [4.69, 9.17) is 21.1 Å². The number of carbonyl (C=O) groups excluding carboxylic acids is 3. The fourth-order valence-electron chi connectivity index (χ4n) is 4.12. The molecule has 1 heterocycles. The molecule has 0 saturated carbocycles. The molecule has 3 rings (SSSR count). The predicted molar refractivity (Wildman–Crippen MR) is 129 cm³/mol. The van der Waals surface area contributed by atoms with Gasteiger partial charge in [-0.1, -0.05) is 29.8 Å². The van der Waals surface area contributed by atoms with Crippen LogP contribution in [-0.2, 0) is 24.6 Å². The smallest absolute Gasteiger partial charge is 0.338 e. The number of hydrazine groups is 1. The summed E-state index contributed by atoms with van der Waals surface area (Å²) in [6.45, 7) is 7.52. The summed E-state index contributed by atoms with van der Waals surface area (Å²) >= 11 is 6.09. The largest absolute Gasteiger partial charge is 0.465 e. The second kappa shape index (κ2) is 10.5. The number of carbonyl (C=O) groups is 3. The van der Waals surface area contributed by atoms with Crippen molar-refractivity contribution in [1.29, 1.82) is 0 Å². The molecule has 34 heavy (non-hydrogen) atoms. The van der Waals surface area contributed by atoms with Crippen molar-refractivity contribution >= 4 is 35.1 Å². The van der Waals surface area contributed by atoms with Crippen LogP contribution in [0.4, 0.5) is 5.69 Å². The molecule has 1 fully saturated rings. The molecule has 2 unspecified atom stereocenters. The Hall–Kier alpha value is -2.94. The van der Waals surface area contributed by atoms with Gasteiger partial charge >= 0.3 is 11.9 Å². The number of halogens is 1. The first-order chi connectivity index (χ1) is 16.1. The number of hydrogen-bond acceptors (Lipinski definition) is 7. The van der Waals surface area contributed by atoms with Gasteiger partial charge in [0.05, 0.1) is 30.2 Å². The fourth-order valence-corrected chi connectivity index (χ4v) is 4.24. The molecule has 1 amide bonds. The van der Waals surface area contributed by atoms with Crippen LogP contribution in [0.5, 0.6) is 0 Å². The third kappa shape index (κ3) is 5.24. The van der Waals surface area contributed by atoms with Crippen LogP contribution in [0.25, 0.3) is 0 Å². The molecule has 182 valence electrons. The summed E-state index contributed by atoms with van der Waals surface area (Å²) in [6.07, 6.45) is -0.344. The number of ether oxygens (including phenoxy) is 2. The third-order valence-electron chi connectivity index (χ3n) is 5.90. The normalized spacial score (nSPS) is 21.8. The molecule has 1 aliphatic heterocycles. The molecular weight excluding hydrogens is 458 g/mol. The number of benzene rings is 2. The van der Waals surface area contributed by atoms with E-state index in [0.29, 0.717) is 21.8 Å². The molecule has 8 nitrogen and oxygen atoms in total. The van der Waals surface area contributed by atoms with Crippen molar-refractivity contribution in [3.8, 4) is 0 Å². The Bertz CT molecular complexity index is 1060. The monoisotopic (exact) mass is 487 g/mol. The first kappa shape index (κ1) is 25.7. The van der Waals surface area contributed by atoms with Gasteiger partial charge in [0.1, 0.15) is 5.41 Å². The molecule has 0 aromatic heterocycles. The minimum absolute atomic E-state index is 0.0857. The topological polar surface area (TPSA) is 106 Å². The Morgan fingerprint density at radius 1 is 1.15 bits per heavy atom. The lowest BCUT2D eigenvalue weighted by Crippen LogP contribution is -2.55. The number of hydrogen-bond donors (Lipinski definition) is 3. The molecule has 1 saturated heterocycles. The number of amides is 1. The predicted octanol–water partition coefficient (Wildman–Crippen LogP) is 3.81. The van der Waals surface area contributed by atoms with Gasteiger partial charge in [-0.2, -0.15) is 0 Å². The second-order valence-corrected chi connectivity index (χ2v) is 9.14. The maximum absolute atomic E-state index is 13.3. The molecule has 1 aliphatic rings. The van der Waals surface area contributed by atoms with Crippen molar-refractivity contribution in [1.82, 2.24) is 10.9 Å². The van der Waals surface area contributed by atoms with Crippen LogP contribution in [0.15, 0.2) is 48.5 Å². The van der Waals surface area contributed by atoms with Crippen LogP contribution in [0.1, 0.15) is 50.0 Å². The van der Waals surface area contributed by atoms with E-state index in [0.717, 1.165) is 0 Å². The highest BCUT2D eigenvalue weighted by Crippen LogP contribution is 2.46. The molecule has 2 aromatic rings. The number of rotatable bonds is 8. The highest BCUT2D eigenvalue weighted by atomic mass is 35.5. The van der Waals surface area contributed by atoms with Crippen LogP contribution in [-0.4, -0.2) is 37.1 Å². The summed E-state index contributed by atoms with van der Waals surface area (Å²) in [4.78, 5) is 38.6. The quantitative estimate of drug-likeness (QED) is 0.486. The van der Waals surface area contributed by atoms with Gasteiger partial charge in [-0.3, -0.25) is 15.0 Å². The minimum atomic E-state index is -1.11. The van der Waals surface area contributed by atoms with Gasteiger partial charge in [0.25, 0.3) is 0 Å². The Morgan fingerprint density at radius 2 is 1.85 bits per heavy atom. The summed E-state index contributed by atoms with van der Waals surface area (Å²) in [5.74, 6) is -1.25. The van der Waals surface area contributed by atoms with Crippen LogP contribution in [0.3, 0.4) is 0 Å². The summed E-state index contributed by atoms with van der Waals surface area (Å²) in [7, 11) is 0. The molecule has 0 spiro atoms. The maximum atomic E-state index is 13.3. The highest BCUT2D eigenvalue weighted by molar-refractivity contribution is 6.30. The zero-order valence-electron chi connectivity index (χ0n) is 19.7. The lowest BCUT2D eigenvalue weighted by Gasteiger charge is -2.40. The van der Waals surface area contributed by atoms with Crippen LogP contribution < -0.4 is 16.2 Å². The number of esters is 2. The average molecular weight is 488 g/mol. The summed E-state index contributed by atoms with van der Waals surface area (Å²) in [5, 5.41) is 3.38. The van der Waals surface area contributed by atoms with Crippen molar-refractivity contribution in [2.24, 2.45) is 5.41 Å². The molecule has 0 radical (unpaired) electrons. The SMILES string of the molecule is CCOC(=O)C1(C)CNNC1(CC(=O)Nc1cccc(C(=O)OC(C)C)c1)c1ccc(Cl)cc1. The van der Waals surface area contributed by atoms with Crippen molar-refractivity contribution in [2.45, 2.75) is 45.8 Å². The lowest BCUT2D eigenvalue weighted by atomic mass is 9.66. The summed E-state index contributed by atoms with van der Waals surface area (Å²) in [5.41, 5.74) is 5.50. The highest BCUT2D eigenvalue weighted by Gasteiger charge is 2.59. The van der Waals surface area contributed by atoms with E-state index in [1.54, 1.807) is 76.2 Å². The van der Waals surface area contributed by atoms with Crippen LogP contribution in [0.2, 0.25) is 5.02 Å². The molecule has 2 atom stereocenters. The molecular formula is C25H30ClN3O5. The second-order valence-electron chi connectivity index (χ2n) is 8.70. The van der Waals surface area contributed by atoms with Gasteiger partial charge in [-0.25, -0.2) is 10.2 Å².